The van der Waals surface area contributed by atoms with Crippen molar-refractivity contribution in [1.29, 1.82) is 0 Å². The van der Waals surface area contributed by atoms with E-state index in [1.165, 1.54) is 0 Å². The first-order valence-corrected chi connectivity index (χ1v) is 7.24. The van der Waals surface area contributed by atoms with Crippen LogP contribution in [0.3, 0.4) is 0 Å². The van der Waals surface area contributed by atoms with Crippen molar-refractivity contribution in [1.82, 2.24) is 5.32 Å². The van der Waals surface area contributed by atoms with Gasteiger partial charge in [0.15, 0.2) is 9.84 Å². The predicted molar refractivity (Wildman–Crippen MR) is 63.7 cm³/mol. The molecule has 1 atom stereocenters. The van der Waals surface area contributed by atoms with Crippen LogP contribution in [0.1, 0.15) is 32.6 Å². The zero-order chi connectivity index (χ0) is 11.3. The van der Waals surface area contributed by atoms with Crippen molar-refractivity contribution in [3.05, 3.63) is 12.7 Å². The third kappa shape index (κ3) is 3.31. The van der Waals surface area contributed by atoms with E-state index in [2.05, 4.69) is 11.9 Å². The van der Waals surface area contributed by atoms with Crippen molar-refractivity contribution in [3.63, 3.8) is 0 Å². The minimum Gasteiger partial charge on any atom is -0.312 e. The quantitative estimate of drug-likeness (QED) is 0.557. The Hall–Kier alpha value is -0.350. The standard InChI is InChI=1S/C11H21NO2S/c1-3-8-12-9-10(2)15(13,14)11-6-4-5-7-11/h3,10-12H,1,4-9H2,2H3. The van der Waals surface area contributed by atoms with Gasteiger partial charge in [-0.2, -0.15) is 0 Å². The molecule has 1 aliphatic carbocycles. The summed E-state index contributed by atoms with van der Waals surface area (Å²) in [6.07, 6.45) is 5.59. The number of hydrogen-bond donors (Lipinski definition) is 1. The molecule has 3 nitrogen and oxygen atoms in total. The minimum atomic E-state index is -2.92. The highest BCUT2D eigenvalue weighted by Gasteiger charge is 2.32. The molecule has 1 unspecified atom stereocenters. The maximum Gasteiger partial charge on any atom is 0.156 e. The maximum absolute atomic E-state index is 12.1. The van der Waals surface area contributed by atoms with Crippen LogP contribution in [0.4, 0.5) is 0 Å². The third-order valence-corrected chi connectivity index (χ3v) is 5.74. The molecule has 1 aliphatic rings. The Morgan fingerprint density at radius 3 is 2.60 bits per heavy atom. The van der Waals surface area contributed by atoms with E-state index in [-0.39, 0.29) is 10.5 Å². The highest BCUT2D eigenvalue weighted by molar-refractivity contribution is 7.92. The largest absolute Gasteiger partial charge is 0.312 e. The van der Waals surface area contributed by atoms with Crippen molar-refractivity contribution in [2.24, 2.45) is 0 Å². The van der Waals surface area contributed by atoms with Gasteiger partial charge in [-0.15, -0.1) is 6.58 Å². The van der Waals surface area contributed by atoms with Crippen LogP contribution >= 0.6 is 0 Å². The normalized spacial score (nSPS) is 20.3. The van der Waals surface area contributed by atoms with E-state index in [1.807, 2.05) is 0 Å². The van der Waals surface area contributed by atoms with Gasteiger partial charge in [-0.1, -0.05) is 18.9 Å². The molecule has 1 N–H and O–H groups in total. The van der Waals surface area contributed by atoms with E-state index in [0.29, 0.717) is 13.1 Å². The van der Waals surface area contributed by atoms with Crippen LogP contribution in [0, 0.1) is 0 Å². The van der Waals surface area contributed by atoms with Crippen LogP contribution in [0.5, 0.6) is 0 Å². The molecule has 0 spiro atoms. The van der Waals surface area contributed by atoms with Gasteiger partial charge >= 0.3 is 0 Å². The second kappa shape index (κ2) is 5.66. The van der Waals surface area contributed by atoms with Crippen LogP contribution < -0.4 is 5.32 Å². The highest BCUT2D eigenvalue weighted by atomic mass is 32.2. The van der Waals surface area contributed by atoms with Crippen LogP contribution in [-0.2, 0) is 9.84 Å². The van der Waals surface area contributed by atoms with Gasteiger partial charge in [0, 0.05) is 13.1 Å². The molecule has 15 heavy (non-hydrogen) atoms. The zero-order valence-corrected chi connectivity index (χ0v) is 10.2. The summed E-state index contributed by atoms with van der Waals surface area (Å²) in [5.41, 5.74) is 0. The van der Waals surface area contributed by atoms with Gasteiger partial charge in [0.05, 0.1) is 10.5 Å². The molecular weight excluding hydrogens is 210 g/mol. The molecule has 0 aromatic heterocycles. The van der Waals surface area contributed by atoms with Crippen molar-refractivity contribution < 1.29 is 8.42 Å². The Labute approximate surface area is 92.9 Å². The molecule has 4 heteroatoms. The second-order valence-electron chi connectivity index (χ2n) is 4.25. The van der Waals surface area contributed by atoms with Gasteiger partial charge < -0.3 is 5.32 Å². The van der Waals surface area contributed by atoms with Gasteiger partial charge in [0.2, 0.25) is 0 Å². The van der Waals surface area contributed by atoms with Crippen molar-refractivity contribution in [2.45, 2.75) is 43.1 Å². The number of hydrogen-bond acceptors (Lipinski definition) is 3. The van der Waals surface area contributed by atoms with Gasteiger partial charge in [-0.3, -0.25) is 0 Å². The topological polar surface area (TPSA) is 46.2 Å². The Balaban J connectivity index is 2.48. The van der Waals surface area contributed by atoms with Crippen LogP contribution in [0.25, 0.3) is 0 Å². The molecule has 0 aromatic carbocycles. The fourth-order valence-corrected chi connectivity index (χ4v) is 4.05. The van der Waals surface area contributed by atoms with Gasteiger partial charge in [0.25, 0.3) is 0 Å². The maximum atomic E-state index is 12.1. The molecule has 1 rings (SSSR count). The van der Waals surface area contributed by atoms with E-state index in [9.17, 15) is 8.42 Å². The lowest BCUT2D eigenvalue weighted by molar-refractivity contribution is 0.560. The van der Waals surface area contributed by atoms with Gasteiger partial charge in [-0.25, -0.2) is 8.42 Å². The lowest BCUT2D eigenvalue weighted by Gasteiger charge is -2.18. The van der Waals surface area contributed by atoms with Gasteiger partial charge in [0.1, 0.15) is 0 Å². The molecule has 0 saturated heterocycles. The third-order valence-electron chi connectivity index (χ3n) is 3.05. The molecule has 88 valence electrons. The molecule has 0 heterocycles. The van der Waals surface area contributed by atoms with E-state index in [0.717, 1.165) is 25.7 Å². The summed E-state index contributed by atoms with van der Waals surface area (Å²) in [5, 5.41) is 2.70. The second-order valence-corrected chi connectivity index (χ2v) is 6.90. The molecular formula is C11H21NO2S. The smallest absolute Gasteiger partial charge is 0.156 e. The first-order chi connectivity index (χ1) is 7.09. The van der Waals surface area contributed by atoms with Crippen molar-refractivity contribution in [3.8, 4) is 0 Å². The average molecular weight is 231 g/mol. The predicted octanol–water partition coefficient (Wildman–Crippen LogP) is 1.51. The average Bonchev–Trinajstić information content (AvgIpc) is 2.71. The van der Waals surface area contributed by atoms with E-state index in [1.54, 1.807) is 13.0 Å². The minimum absolute atomic E-state index is 0.0852. The summed E-state index contributed by atoms with van der Waals surface area (Å²) < 4.78 is 24.1. The summed E-state index contributed by atoms with van der Waals surface area (Å²) in [5.74, 6) is 0. The Bertz CT molecular complexity index is 292. The summed E-state index contributed by atoms with van der Waals surface area (Å²) in [4.78, 5) is 0. The van der Waals surface area contributed by atoms with E-state index < -0.39 is 9.84 Å². The van der Waals surface area contributed by atoms with Crippen LogP contribution in [0.15, 0.2) is 12.7 Å². The Morgan fingerprint density at radius 1 is 1.47 bits per heavy atom. The monoisotopic (exact) mass is 231 g/mol. The van der Waals surface area contributed by atoms with Crippen molar-refractivity contribution in [2.75, 3.05) is 13.1 Å². The van der Waals surface area contributed by atoms with Crippen molar-refractivity contribution >= 4 is 9.84 Å². The summed E-state index contributed by atoms with van der Waals surface area (Å²) in [6.45, 7) is 6.58. The molecule has 0 aliphatic heterocycles. The van der Waals surface area contributed by atoms with E-state index >= 15 is 0 Å². The first kappa shape index (κ1) is 12.7. The highest BCUT2D eigenvalue weighted by Crippen LogP contribution is 2.27. The SMILES string of the molecule is C=CCNCC(C)S(=O)(=O)C1CCCC1. The Kier molecular flexibility index (Phi) is 4.80. The molecule has 1 fully saturated rings. The first-order valence-electron chi connectivity index (χ1n) is 5.63. The number of sulfone groups is 1. The molecule has 0 aromatic rings. The van der Waals surface area contributed by atoms with Crippen LogP contribution in [0.2, 0.25) is 0 Å². The summed E-state index contributed by atoms with van der Waals surface area (Å²) in [7, 11) is -2.92. The Morgan fingerprint density at radius 2 is 2.07 bits per heavy atom. The number of nitrogens with one attached hydrogen (secondary N) is 1. The molecule has 0 bridgehead atoms. The zero-order valence-electron chi connectivity index (χ0n) is 9.41. The number of rotatable bonds is 6. The fourth-order valence-electron chi connectivity index (χ4n) is 2.05. The summed E-state index contributed by atoms with van der Waals surface area (Å²) >= 11 is 0. The molecule has 1 saturated carbocycles. The lowest BCUT2D eigenvalue weighted by Crippen LogP contribution is -2.36. The summed E-state index contributed by atoms with van der Waals surface area (Å²) in [6, 6.07) is 0. The lowest BCUT2D eigenvalue weighted by atomic mass is 10.4. The molecule has 0 amide bonds. The molecule has 0 radical (unpaired) electrons. The fraction of sp³-hybridized carbons (Fsp3) is 0.818. The van der Waals surface area contributed by atoms with Crippen LogP contribution in [-0.4, -0.2) is 32.0 Å². The van der Waals surface area contributed by atoms with E-state index in [4.69, 9.17) is 0 Å². The van der Waals surface area contributed by atoms with Gasteiger partial charge in [-0.05, 0) is 19.8 Å².